The number of hydrazine groups is 1. The first-order chi connectivity index (χ1) is 8.78. The van der Waals surface area contributed by atoms with Crippen molar-refractivity contribution in [2.75, 3.05) is 11.9 Å². The molecule has 1 aromatic carbocycles. The molecule has 1 aliphatic rings. The Labute approximate surface area is 106 Å². The molecule has 1 aliphatic heterocycles. The molecular weight excluding hydrogens is 230 g/mol. The molecule has 2 rings (SSSR count). The molecule has 1 heterocycles. The van der Waals surface area contributed by atoms with Gasteiger partial charge in [0.15, 0.2) is 0 Å². The molecule has 1 atom stereocenters. The van der Waals surface area contributed by atoms with E-state index in [2.05, 4.69) is 21.1 Å². The number of amides is 1. The van der Waals surface area contributed by atoms with Crippen molar-refractivity contribution in [3.05, 3.63) is 30.3 Å². The number of carbonyl (C=O) groups is 1. The van der Waals surface area contributed by atoms with Crippen molar-refractivity contribution in [1.82, 2.24) is 10.7 Å². The Morgan fingerprint density at radius 2 is 2.22 bits per heavy atom. The largest absolute Gasteiger partial charge is 0.351 e. The lowest BCUT2D eigenvalue weighted by atomic mass is 10.2. The van der Waals surface area contributed by atoms with Gasteiger partial charge in [0, 0.05) is 18.2 Å². The molecule has 6 heteroatoms. The minimum Gasteiger partial charge on any atom is -0.351 e. The van der Waals surface area contributed by atoms with Crippen LogP contribution in [-0.2, 0) is 4.79 Å². The highest BCUT2D eigenvalue weighted by molar-refractivity contribution is 5.93. The van der Waals surface area contributed by atoms with Crippen LogP contribution in [0.1, 0.15) is 12.8 Å². The first-order valence-corrected chi connectivity index (χ1v) is 5.90. The maximum atomic E-state index is 11.0. The zero-order valence-corrected chi connectivity index (χ0v) is 10.0. The van der Waals surface area contributed by atoms with E-state index in [1.807, 2.05) is 30.3 Å². The molecule has 18 heavy (non-hydrogen) atoms. The van der Waals surface area contributed by atoms with E-state index in [1.165, 1.54) is 0 Å². The zero-order chi connectivity index (χ0) is 12.8. The standard InChI is InChI=1S/C12H17N5O/c13-17-12(16-9-4-2-1-3-5-9)14-8-10-6-7-11(18)15-10/h1-5,10H,6-8,13H2,(H,15,18)(H2,14,16,17). The van der Waals surface area contributed by atoms with Gasteiger partial charge in [-0.25, -0.2) is 10.8 Å². The van der Waals surface area contributed by atoms with Crippen LogP contribution in [-0.4, -0.2) is 24.5 Å². The highest BCUT2D eigenvalue weighted by Crippen LogP contribution is 2.07. The van der Waals surface area contributed by atoms with E-state index >= 15 is 0 Å². The zero-order valence-electron chi connectivity index (χ0n) is 10.0. The number of aliphatic imine (C=N–C) groups is 1. The van der Waals surface area contributed by atoms with Gasteiger partial charge in [0.2, 0.25) is 11.9 Å². The van der Waals surface area contributed by atoms with Gasteiger partial charge in [-0.15, -0.1) is 0 Å². The van der Waals surface area contributed by atoms with Gasteiger partial charge in [-0.3, -0.25) is 10.2 Å². The van der Waals surface area contributed by atoms with Gasteiger partial charge in [-0.05, 0) is 18.6 Å². The fourth-order valence-corrected chi connectivity index (χ4v) is 1.80. The van der Waals surface area contributed by atoms with Crippen molar-refractivity contribution in [3.63, 3.8) is 0 Å². The lowest BCUT2D eigenvalue weighted by molar-refractivity contribution is -0.119. The molecule has 5 N–H and O–H groups in total. The van der Waals surface area contributed by atoms with Gasteiger partial charge < -0.3 is 10.6 Å². The molecule has 0 aliphatic carbocycles. The van der Waals surface area contributed by atoms with Crippen molar-refractivity contribution in [2.24, 2.45) is 10.8 Å². The molecule has 96 valence electrons. The second kappa shape index (κ2) is 6.02. The van der Waals surface area contributed by atoms with Crippen LogP contribution in [0.5, 0.6) is 0 Å². The summed E-state index contributed by atoms with van der Waals surface area (Å²) in [5.74, 6) is 5.98. The molecule has 0 saturated carbocycles. The smallest absolute Gasteiger partial charge is 0.220 e. The predicted octanol–water partition coefficient (Wildman–Crippen LogP) is 0.196. The number of anilines is 1. The number of hydrogen-bond acceptors (Lipinski definition) is 3. The SMILES string of the molecule is NNC(=NCC1CCC(=O)N1)Nc1ccccc1. The Balaban J connectivity index is 1.90. The molecule has 0 radical (unpaired) electrons. The van der Waals surface area contributed by atoms with Crippen LogP contribution >= 0.6 is 0 Å². The van der Waals surface area contributed by atoms with Crippen LogP contribution < -0.4 is 21.9 Å². The number of guanidine groups is 1. The second-order valence-electron chi connectivity index (χ2n) is 4.13. The number of nitrogens with two attached hydrogens (primary N) is 1. The molecule has 0 bridgehead atoms. The molecule has 1 fully saturated rings. The Bertz CT molecular complexity index is 431. The lowest BCUT2D eigenvalue weighted by Crippen LogP contribution is -2.37. The number of para-hydroxylation sites is 1. The maximum Gasteiger partial charge on any atom is 0.220 e. The Hall–Kier alpha value is -2.08. The van der Waals surface area contributed by atoms with E-state index in [4.69, 9.17) is 5.84 Å². The summed E-state index contributed by atoms with van der Waals surface area (Å²) >= 11 is 0. The molecule has 0 spiro atoms. The van der Waals surface area contributed by atoms with Crippen molar-refractivity contribution in [2.45, 2.75) is 18.9 Å². The third-order valence-corrected chi connectivity index (χ3v) is 2.73. The number of nitrogens with zero attached hydrogens (tertiary/aromatic N) is 1. The van der Waals surface area contributed by atoms with Crippen molar-refractivity contribution in [3.8, 4) is 0 Å². The fraction of sp³-hybridized carbons (Fsp3) is 0.333. The van der Waals surface area contributed by atoms with Crippen LogP contribution in [0.25, 0.3) is 0 Å². The number of nitrogens with one attached hydrogen (secondary N) is 3. The third-order valence-electron chi connectivity index (χ3n) is 2.73. The molecule has 1 aromatic rings. The van der Waals surface area contributed by atoms with Crippen LogP contribution in [0.4, 0.5) is 5.69 Å². The third kappa shape index (κ3) is 3.46. The maximum absolute atomic E-state index is 11.0. The molecule has 6 nitrogen and oxygen atoms in total. The Kier molecular flexibility index (Phi) is 4.14. The summed E-state index contributed by atoms with van der Waals surface area (Å²) < 4.78 is 0. The predicted molar refractivity (Wildman–Crippen MR) is 70.9 cm³/mol. The summed E-state index contributed by atoms with van der Waals surface area (Å²) in [4.78, 5) is 15.4. The van der Waals surface area contributed by atoms with Crippen molar-refractivity contribution >= 4 is 17.6 Å². The Morgan fingerprint density at radius 1 is 1.44 bits per heavy atom. The number of carbonyl (C=O) groups excluding carboxylic acids is 1. The van der Waals surface area contributed by atoms with Crippen LogP contribution in [0.15, 0.2) is 35.3 Å². The molecule has 0 aromatic heterocycles. The normalized spacial score (nSPS) is 19.5. The average molecular weight is 247 g/mol. The summed E-state index contributed by atoms with van der Waals surface area (Å²) in [6.07, 6.45) is 1.41. The molecular formula is C12H17N5O. The molecule has 1 saturated heterocycles. The summed E-state index contributed by atoms with van der Waals surface area (Å²) in [6.45, 7) is 0.519. The van der Waals surface area contributed by atoms with Gasteiger partial charge in [-0.1, -0.05) is 18.2 Å². The second-order valence-corrected chi connectivity index (χ2v) is 4.13. The number of rotatable bonds is 3. The van der Waals surface area contributed by atoms with E-state index in [9.17, 15) is 4.79 Å². The summed E-state index contributed by atoms with van der Waals surface area (Å²) in [5.41, 5.74) is 3.42. The fourth-order valence-electron chi connectivity index (χ4n) is 1.80. The topological polar surface area (TPSA) is 91.5 Å². The van der Waals surface area contributed by atoms with E-state index < -0.39 is 0 Å². The Morgan fingerprint density at radius 3 is 2.83 bits per heavy atom. The average Bonchev–Trinajstić information content (AvgIpc) is 2.81. The highest BCUT2D eigenvalue weighted by atomic mass is 16.1. The summed E-state index contributed by atoms with van der Waals surface area (Å²) in [5, 5.41) is 5.92. The monoisotopic (exact) mass is 247 g/mol. The van der Waals surface area contributed by atoms with Crippen LogP contribution in [0, 0.1) is 0 Å². The lowest BCUT2D eigenvalue weighted by Gasteiger charge is -2.11. The van der Waals surface area contributed by atoms with Crippen molar-refractivity contribution in [1.29, 1.82) is 0 Å². The summed E-state index contributed by atoms with van der Waals surface area (Å²) in [7, 11) is 0. The quantitative estimate of drug-likeness (QED) is 0.266. The number of hydrogen-bond donors (Lipinski definition) is 4. The van der Waals surface area contributed by atoms with Crippen molar-refractivity contribution < 1.29 is 4.79 Å². The van der Waals surface area contributed by atoms with Gasteiger partial charge in [-0.2, -0.15) is 0 Å². The van der Waals surface area contributed by atoms with Gasteiger partial charge >= 0.3 is 0 Å². The van der Waals surface area contributed by atoms with Gasteiger partial charge in [0.05, 0.1) is 6.54 Å². The number of benzene rings is 1. The van der Waals surface area contributed by atoms with E-state index in [0.29, 0.717) is 18.9 Å². The first-order valence-electron chi connectivity index (χ1n) is 5.90. The van der Waals surface area contributed by atoms with E-state index in [0.717, 1.165) is 12.1 Å². The highest BCUT2D eigenvalue weighted by Gasteiger charge is 2.20. The van der Waals surface area contributed by atoms with E-state index in [-0.39, 0.29) is 11.9 Å². The van der Waals surface area contributed by atoms with Gasteiger partial charge in [0.25, 0.3) is 0 Å². The minimum atomic E-state index is 0.0912. The first kappa shape index (κ1) is 12.4. The van der Waals surface area contributed by atoms with E-state index in [1.54, 1.807) is 0 Å². The van der Waals surface area contributed by atoms with Crippen LogP contribution in [0.3, 0.4) is 0 Å². The van der Waals surface area contributed by atoms with Crippen LogP contribution in [0.2, 0.25) is 0 Å². The molecule has 1 amide bonds. The van der Waals surface area contributed by atoms with Gasteiger partial charge in [0.1, 0.15) is 0 Å². The molecule has 1 unspecified atom stereocenters. The minimum absolute atomic E-state index is 0.0912. The summed E-state index contributed by atoms with van der Waals surface area (Å²) in [6, 6.07) is 9.74.